The summed E-state index contributed by atoms with van der Waals surface area (Å²) in [5, 5.41) is 5.57. The number of aromatic nitrogens is 1. The van der Waals surface area contributed by atoms with E-state index >= 15 is 4.39 Å². The number of anilines is 3. The van der Waals surface area contributed by atoms with Crippen molar-refractivity contribution in [2.24, 2.45) is 0 Å². The van der Waals surface area contributed by atoms with E-state index in [2.05, 4.69) is 20.3 Å². The van der Waals surface area contributed by atoms with Gasteiger partial charge in [0, 0.05) is 18.3 Å². The number of urea groups is 1. The lowest BCUT2D eigenvalue weighted by Crippen LogP contribution is -2.53. The van der Waals surface area contributed by atoms with Gasteiger partial charge in [-0.25, -0.2) is 22.6 Å². The minimum Gasteiger partial charge on any atom is -0.326 e. The SMILES string of the molecule is CS(=O)(=O)Nc1ccccc1-c1ccc(N2CCC[C@@H](NC(=O)Nc3ccc(Cl)cn3)C2=O)c(F)c1. The van der Waals surface area contributed by atoms with Crippen LogP contribution < -0.4 is 20.3 Å². The van der Waals surface area contributed by atoms with E-state index in [1.54, 1.807) is 36.4 Å². The van der Waals surface area contributed by atoms with E-state index < -0.39 is 33.8 Å². The molecule has 188 valence electrons. The topological polar surface area (TPSA) is 120 Å². The molecule has 3 aromatic rings. The molecule has 1 atom stereocenters. The number of carbonyl (C=O) groups excluding carboxylic acids is 2. The minimum absolute atomic E-state index is 0.0728. The van der Waals surface area contributed by atoms with Crippen LogP contribution in [0.4, 0.5) is 26.4 Å². The number of nitrogens with zero attached hydrogens (tertiary/aromatic N) is 2. The molecule has 0 aliphatic carbocycles. The van der Waals surface area contributed by atoms with Crippen LogP contribution in [0.15, 0.2) is 60.8 Å². The summed E-state index contributed by atoms with van der Waals surface area (Å²) in [5.74, 6) is -0.818. The molecule has 0 radical (unpaired) electrons. The molecule has 1 aliphatic heterocycles. The Morgan fingerprint density at radius 2 is 1.94 bits per heavy atom. The fraction of sp³-hybridized carbons (Fsp3) is 0.208. The molecule has 12 heteroatoms. The standard InChI is InChI=1S/C24H23ClFN5O4S/c1-36(34,35)30-19-6-3-2-5-17(19)15-8-10-21(18(26)13-15)31-12-4-7-20(23(31)32)28-24(33)29-22-11-9-16(25)14-27-22/h2-3,5-6,8-11,13-14,20,30H,4,7,12H2,1H3,(H2,27,28,29,33)/t20-/m1/s1. The lowest BCUT2D eigenvalue weighted by molar-refractivity contribution is -0.121. The van der Waals surface area contributed by atoms with E-state index in [0.29, 0.717) is 41.2 Å². The summed E-state index contributed by atoms with van der Waals surface area (Å²) in [6, 6.07) is 12.6. The van der Waals surface area contributed by atoms with Crippen LogP contribution in [0, 0.1) is 5.82 Å². The smallest absolute Gasteiger partial charge is 0.321 e. The highest BCUT2D eigenvalue weighted by Crippen LogP contribution is 2.33. The van der Waals surface area contributed by atoms with Gasteiger partial charge in [-0.05, 0) is 48.7 Å². The zero-order chi connectivity index (χ0) is 25.9. The van der Waals surface area contributed by atoms with Crippen molar-refractivity contribution in [3.05, 3.63) is 71.6 Å². The van der Waals surface area contributed by atoms with Gasteiger partial charge < -0.3 is 10.2 Å². The van der Waals surface area contributed by atoms with Crippen LogP contribution in [-0.2, 0) is 14.8 Å². The van der Waals surface area contributed by atoms with Crippen LogP contribution in [-0.4, -0.2) is 44.2 Å². The predicted molar refractivity (Wildman–Crippen MR) is 137 cm³/mol. The maximum absolute atomic E-state index is 15.2. The van der Waals surface area contributed by atoms with Gasteiger partial charge in [0.1, 0.15) is 17.7 Å². The number of para-hydroxylation sites is 1. The molecule has 0 spiro atoms. The molecule has 4 rings (SSSR count). The number of halogens is 2. The van der Waals surface area contributed by atoms with Crippen LogP contribution in [0.3, 0.4) is 0 Å². The molecule has 9 nitrogen and oxygen atoms in total. The highest BCUT2D eigenvalue weighted by molar-refractivity contribution is 7.92. The Morgan fingerprint density at radius 3 is 2.64 bits per heavy atom. The molecule has 3 N–H and O–H groups in total. The zero-order valence-corrected chi connectivity index (χ0v) is 20.7. The third kappa shape index (κ3) is 6.10. The summed E-state index contributed by atoms with van der Waals surface area (Å²) >= 11 is 5.79. The first-order valence-electron chi connectivity index (χ1n) is 11.0. The van der Waals surface area contributed by atoms with E-state index in [-0.39, 0.29) is 11.5 Å². The summed E-state index contributed by atoms with van der Waals surface area (Å²) in [6.45, 7) is 0.292. The summed E-state index contributed by atoms with van der Waals surface area (Å²) in [6.07, 6.45) is 3.37. The van der Waals surface area contributed by atoms with Gasteiger partial charge in [-0.15, -0.1) is 0 Å². The normalized spacial score (nSPS) is 15.9. The Labute approximate surface area is 212 Å². The number of pyridine rings is 1. The Morgan fingerprint density at radius 1 is 1.17 bits per heavy atom. The summed E-state index contributed by atoms with van der Waals surface area (Å²) in [4.78, 5) is 30.7. The van der Waals surface area contributed by atoms with Crippen molar-refractivity contribution < 1.29 is 22.4 Å². The average Bonchev–Trinajstić information content (AvgIpc) is 2.81. The van der Waals surface area contributed by atoms with E-state index in [9.17, 15) is 18.0 Å². The van der Waals surface area contributed by atoms with Crippen molar-refractivity contribution in [2.45, 2.75) is 18.9 Å². The number of hydrogen-bond acceptors (Lipinski definition) is 5. The Hall–Kier alpha value is -3.70. The largest absolute Gasteiger partial charge is 0.326 e. The van der Waals surface area contributed by atoms with Crippen LogP contribution in [0.5, 0.6) is 0 Å². The number of piperidine rings is 1. The number of sulfonamides is 1. The van der Waals surface area contributed by atoms with Crippen LogP contribution in [0.2, 0.25) is 5.02 Å². The molecule has 2 aromatic carbocycles. The Bertz CT molecular complexity index is 1400. The fourth-order valence-electron chi connectivity index (χ4n) is 3.93. The van der Waals surface area contributed by atoms with Gasteiger partial charge in [0.05, 0.1) is 22.7 Å². The second kappa shape index (κ2) is 10.5. The lowest BCUT2D eigenvalue weighted by atomic mass is 10.0. The van der Waals surface area contributed by atoms with E-state index in [1.165, 1.54) is 29.3 Å². The monoisotopic (exact) mass is 531 g/mol. The van der Waals surface area contributed by atoms with Crippen LogP contribution in [0.1, 0.15) is 12.8 Å². The summed E-state index contributed by atoms with van der Waals surface area (Å²) in [5.41, 5.74) is 1.32. The van der Waals surface area contributed by atoms with Crippen LogP contribution >= 0.6 is 11.6 Å². The first kappa shape index (κ1) is 25.4. The maximum atomic E-state index is 15.2. The second-order valence-electron chi connectivity index (χ2n) is 8.23. The zero-order valence-electron chi connectivity index (χ0n) is 19.2. The van der Waals surface area contributed by atoms with Gasteiger partial charge >= 0.3 is 6.03 Å². The Balaban J connectivity index is 1.50. The fourth-order valence-corrected chi connectivity index (χ4v) is 4.61. The van der Waals surface area contributed by atoms with Gasteiger partial charge in [-0.3, -0.25) is 14.8 Å². The van der Waals surface area contributed by atoms with Crippen LogP contribution in [0.25, 0.3) is 11.1 Å². The first-order valence-corrected chi connectivity index (χ1v) is 13.2. The number of hydrogen-bond donors (Lipinski definition) is 3. The second-order valence-corrected chi connectivity index (χ2v) is 10.4. The van der Waals surface area contributed by atoms with Crippen molar-refractivity contribution in [1.82, 2.24) is 10.3 Å². The van der Waals surface area contributed by atoms with Gasteiger partial charge in [0.25, 0.3) is 0 Å². The van der Waals surface area contributed by atoms with Gasteiger partial charge in [-0.2, -0.15) is 0 Å². The highest BCUT2D eigenvalue weighted by atomic mass is 35.5. The van der Waals surface area contributed by atoms with Crippen molar-refractivity contribution in [1.29, 1.82) is 0 Å². The number of carbonyl (C=O) groups is 2. The molecular formula is C24H23ClFN5O4S. The number of benzene rings is 2. The molecule has 0 unspecified atom stereocenters. The molecular weight excluding hydrogens is 509 g/mol. The number of nitrogens with one attached hydrogen (secondary N) is 3. The van der Waals surface area contributed by atoms with Crippen molar-refractivity contribution >= 4 is 50.8 Å². The average molecular weight is 532 g/mol. The van der Waals surface area contributed by atoms with E-state index in [4.69, 9.17) is 11.6 Å². The van der Waals surface area contributed by atoms with E-state index in [0.717, 1.165) is 6.26 Å². The van der Waals surface area contributed by atoms with Gasteiger partial charge in [0.2, 0.25) is 15.9 Å². The van der Waals surface area contributed by atoms with Gasteiger partial charge in [-0.1, -0.05) is 35.9 Å². The van der Waals surface area contributed by atoms with E-state index in [1.807, 2.05) is 0 Å². The van der Waals surface area contributed by atoms with Crippen molar-refractivity contribution in [2.75, 3.05) is 27.7 Å². The lowest BCUT2D eigenvalue weighted by Gasteiger charge is -2.33. The number of rotatable bonds is 6. The van der Waals surface area contributed by atoms with Crippen molar-refractivity contribution in [3.8, 4) is 11.1 Å². The molecule has 2 heterocycles. The molecule has 36 heavy (non-hydrogen) atoms. The summed E-state index contributed by atoms with van der Waals surface area (Å²) < 4.78 is 41.0. The molecule has 1 fully saturated rings. The molecule has 3 amide bonds. The minimum atomic E-state index is -3.53. The summed E-state index contributed by atoms with van der Waals surface area (Å²) in [7, 11) is -3.53. The predicted octanol–water partition coefficient (Wildman–Crippen LogP) is 4.23. The first-order chi connectivity index (χ1) is 17.1. The quantitative estimate of drug-likeness (QED) is 0.439. The van der Waals surface area contributed by atoms with Gasteiger partial charge in [0.15, 0.2) is 0 Å². The molecule has 0 saturated carbocycles. The molecule has 1 aromatic heterocycles. The number of amides is 3. The maximum Gasteiger partial charge on any atom is 0.321 e. The van der Waals surface area contributed by atoms with Crippen molar-refractivity contribution in [3.63, 3.8) is 0 Å². The third-order valence-corrected chi connectivity index (χ3v) is 6.30. The third-order valence-electron chi connectivity index (χ3n) is 5.48. The highest BCUT2D eigenvalue weighted by Gasteiger charge is 2.32. The molecule has 1 aliphatic rings. The molecule has 0 bridgehead atoms. The molecule has 1 saturated heterocycles. The Kier molecular flexibility index (Phi) is 7.41.